The van der Waals surface area contributed by atoms with Gasteiger partial charge in [-0.1, -0.05) is 19.1 Å². The lowest BCUT2D eigenvalue weighted by molar-refractivity contribution is 0.0999. The summed E-state index contributed by atoms with van der Waals surface area (Å²) < 4.78 is 6.03. The largest absolute Gasteiger partial charge is 0.457 e. The molecule has 2 N–H and O–H groups in total. The van der Waals surface area contributed by atoms with Crippen molar-refractivity contribution < 1.29 is 9.53 Å². The first-order chi connectivity index (χ1) is 13.6. The van der Waals surface area contributed by atoms with Gasteiger partial charge in [-0.3, -0.25) is 14.8 Å². The van der Waals surface area contributed by atoms with Crippen molar-refractivity contribution in [2.24, 2.45) is 5.73 Å². The van der Waals surface area contributed by atoms with E-state index in [2.05, 4.69) is 9.97 Å². The lowest BCUT2D eigenvalue weighted by Crippen LogP contribution is -2.13. The van der Waals surface area contributed by atoms with E-state index in [4.69, 9.17) is 10.5 Å². The highest BCUT2D eigenvalue weighted by Gasteiger charge is 2.10. The fourth-order valence-electron chi connectivity index (χ4n) is 3.18. The third-order valence-electron chi connectivity index (χ3n) is 4.63. The molecule has 0 aliphatic rings. The van der Waals surface area contributed by atoms with Crippen LogP contribution in [0.25, 0.3) is 22.0 Å². The summed E-state index contributed by atoms with van der Waals surface area (Å²) in [5.74, 6) is 1.00. The summed E-state index contributed by atoms with van der Waals surface area (Å²) in [5.41, 5.74) is 8.58. The molecule has 2 heterocycles. The van der Waals surface area contributed by atoms with Crippen LogP contribution in [0.2, 0.25) is 0 Å². The lowest BCUT2D eigenvalue weighted by Gasteiger charge is -2.10. The molecule has 0 bridgehead atoms. The molecule has 0 fully saturated rings. The van der Waals surface area contributed by atoms with E-state index in [9.17, 15) is 4.79 Å². The maximum atomic E-state index is 11.6. The summed E-state index contributed by atoms with van der Waals surface area (Å²) in [6, 6.07) is 17.1. The van der Waals surface area contributed by atoms with Gasteiger partial charge in [0, 0.05) is 41.2 Å². The summed E-state index contributed by atoms with van der Waals surface area (Å²) in [5, 5.41) is 2.13. The van der Waals surface area contributed by atoms with Crippen molar-refractivity contribution in [3.8, 4) is 22.8 Å². The van der Waals surface area contributed by atoms with E-state index in [0.717, 1.165) is 33.3 Å². The fourth-order valence-corrected chi connectivity index (χ4v) is 3.18. The van der Waals surface area contributed by atoms with Gasteiger partial charge >= 0.3 is 0 Å². The number of nitrogens with two attached hydrogens (primary N) is 1. The molecule has 0 aliphatic heterocycles. The van der Waals surface area contributed by atoms with Crippen LogP contribution in [0.3, 0.4) is 0 Å². The smallest absolute Gasteiger partial charge is 0.248 e. The number of aryl methyl sites for hydroxylation is 1. The van der Waals surface area contributed by atoms with Crippen molar-refractivity contribution in [3.05, 3.63) is 84.3 Å². The molecule has 0 atom stereocenters. The average Bonchev–Trinajstić information content (AvgIpc) is 2.73. The van der Waals surface area contributed by atoms with Crippen LogP contribution in [0.1, 0.15) is 22.8 Å². The summed E-state index contributed by atoms with van der Waals surface area (Å²) >= 11 is 0. The number of rotatable bonds is 5. The molecule has 0 saturated heterocycles. The molecule has 2 aromatic carbocycles. The molecule has 2 aromatic heterocycles. The van der Waals surface area contributed by atoms with Crippen molar-refractivity contribution in [1.82, 2.24) is 9.97 Å². The number of pyridine rings is 2. The quantitative estimate of drug-likeness (QED) is 0.551. The van der Waals surface area contributed by atoms with Gasteiger partial charge in [0.2, 0.25) is 5.91 Å². The number of fused-ring (bicyclic) bond motifs is 1. The Labute approximate surface area is 162 Å². The number of nitrogens with zero attached hydrogens (tertiary/aromatic N) is 2. The van der Waals surface area contributed by atoms with Crippen molar-refractivity contribution in [3.63, 3.8) is 0 Å². The lowest BCUT2D eigenvalue weighted by atomic mass is 9.99. The van der Waals surface area contributed by atoms with Gasteiger partial charge in [-0.15, -0.1) is 0 Å². The van der Waals surface area contributed by atoms with Gasteiger partial charge in [0.05, 0.1) is 5.69 Å². The molecule has 0 unspecified atom stereocenters. The Balaban J connectivity index is 1.65. The van der Waals surface area contributed by atoms with Gasteiger partial charge in [-0.2, -0.15) is 0 Å². The molecule has 5 heteroatoms. The zero-order chi connectivity index (χ0) is 19.5. The molecular weight excluding hydrogens is 350 g/mol. The molecule has 5 nitrogen and oxygen atoms in total. The second kappa shape index (κ2) is 7.48. The van der Waals surface area contributed by atoms with Crippen LogP contribution in [-0.4, -0.2) is 15.9 Å². The minimum absolute atomic E-state index is 0.417. The number of primary amides is 1. The second-order valence-electron chi connectivity index (χ2n) is 6.45. The highest BCUT2D eigenvalue weighted by atomic mass is 16.5. The van der Waals surface area contributed by atoms with Gasteiger partial charge in [-0.05, 0) is 53.8 Å². The van der Waals surface area contributed by atoms with E-state index >= 15 is 0 Å². The minimum atomic E-state index is -0.417. The Morgan fingerprint density at radius 2 is 1.82 bits per heavy atom. The van der Waals surface area contributed by atoms with Crippen LogP contribution in [0, 0.1) is 0 Å². The number of carbonyl (C=O) groups excluding carboxylic acids is 1. The number of hydrogen-bond acceptors (Lipinski definition) is 4. The predicted octanol–water partition coefficient (Wildman–Crippen LogP) is 4.75. The molecule has 4 aromatic rings. The van der Waals surface area contributed by atoms with Crippen molar-refractivity contribution in [2.75, 3.05) is 0 Å². The Kier molecular flexibility index (Phi) is 4.72. The topological polar surface area (TPSA) is 78.1 Å². The van der Waals surface area contributed by atoms with Crippen LogP contribution < -0.4 is 10.5 Å². The van der Waals surface area contributed by atoms with E-state index in [1.807, 2.05) is 61.7 Å². The highest BCUT2D eigenvalue weighted by molar-refractivity contribution is 5.95. The number of amides is 1. The molecular formula is C23H19N3O2. The molecule has 0 spiro atoms. The van der Waals surface area contributed by atoms with Gasteiger partial charge < -0.3 is 10.5 Å². The minimum Gasteiger partial charge on any atom is -0.457 e. The molecule has 4 rings (SSSR count). The second-order valence-corrected chi connectivity index (χ2v) is 6.45. The predicted molar refractivity (Wildman–Crippen MR) is 109 cm³/mol. The Hall–Kier alpha value is -3.73. The molecule has 28 heavy (non-hydrogen) atoms. The van der Waals surface area contributed by atoms with Crippen LogP contribution in [0.15, 0.2) is 73.2 Å². The SMILES string of the molecule is CCc1cc(-c2cc(Oc3ccc4ccncc4c3)ccn2)ccc1C(N)=O. The first-order valence-electron chi connectivity index (χ1n) is 9.05. The third-order valence-corrected chi connectivity index (χ3v) is 4.63. The van der Waals surface area contributed by atoms with Crippen molar-refractivity contribution in [1.29, 1.82) is 0 Å². The van der Waals surface area contributed by atoms with Gasteiger partial charge in [0.15, 0.2) is 0 Å². The monoisotopic (exact) mass is 369 g/mol. The summed E-state index contributed by atoms with van der Waals surface area (Å²) in [6.45, 7) is 1.99. The van der Waals surface area contributed by atoms with Crippen molar-refractivity contribution >= 4 is 16.7 Å². The zero-order valence-electron chi connectivity index (χ0n) is 15.4. The Morgan fingerprint density at radius 1 is 0.964 bits per heavy atom. The first-order valence-corrected chi connectivity index (χ1v) is 9.05. The number of benzene rings is 2. The maximum Gasteiger partial charge on any atom is 0.248 e. The maximum absolute atomic E-state index is 11.6. The van der Waals surface area contributed by atoms with Gasteiger partial charge in [0.1, 0.15) is 11.5 Å². The average molecular weight is 369 g/mol. The summed E-state index contributed by atoms with van der Waals surface area (Å²) in [4.78, 5) is 20.2. The van der Waals surface area contributed by atoms with Crippen molar-refractivity contribution in [2.45, 2.75) is 13.3 Å². The van der Waals surface area contributed by atoms with Gasteiger partial charge in [-0.25, -0.2) is 0 Å². The first kappa shape index (κ1) is 17.7. The standard InChI is InChI=1S/C23H19N3O2/c1-2-15-11-17(4-6-21(15)23(24)27)22-13-20(8-10-26-22)28-19-5-3-16-7-9-25-14-18(16)12-19/h3-14H,2H2,1H3,(H2,24,27). The molecule has 0 saturated carbocycles. The number of ether oxygens (including phenoxy) is 1. The number of hydrogen-bond donors (Lipinski definition) is 1. The van der Waals surface area contributed by atoms with Crippen LogP contribution in [0.4, 0.5) is 0 Å². The Morgan fingerprint density at radius 3 is 2.64 bits per heavy atom. The van der Waals surface area contributed by atoms with Crippen LogP contribution in [-0.2, 0) is 6.42 Å². The normalized spacial score (nSPS) is 10.8. The Bertz CT molecular complexity index is 1170. The molecule has 0 radical (unpaired) electrons. The third kappa shape index (κ3) is 3.55. The summed E-state index contributed by atoms with van der Waals surface area (Å²) in [6.07, 6.45) is 6.01. The van der Waals surface area contributed by atoms with E-state index in [1.165, 1.54) is 0 Å². The number of carbonyl (C=O) groups is 1. The van der Waals surface area contributed by atoms with Gasteiger partial charge in [0.25, 0.3) is 0 Å². The van der Waals surface area contributed by atoms with E-state index in [-0.39, 0.29) is 0 Å². The molecule has 1 amide bonds. The highest BCUT2D eigenvalue weighted by Crippen LogP contribution is 2.28. The fraction of sp³-hybridized carbons (Fsp3) is 0.0870. The van der Waals surface area contributed by atoms with Crippen LogP contribution in [0.5, 0.6) is 11.5 Å². The molecule has 0 aliphatic carbocycles. The van der Waals surface area contributed by atoms with E-state index < -0.39 is 5.91 Å². The van der Waals surface area contributed by atoms with Crippen LogP contribution >= 0.6 is 0 Å². The summed E-state index contributed by atoms with van der Waals surface area (Å²) in [7, 11) is 0. The molecule has 138 valence electrons. The number of aromatic nitrogens is 2. The zero-order valence-corrected chi connectivity index (χ0v) is 15.4. The van der Waals surface area contributed by atoms with E-state index in [0.29, 0.717) is 17.7 Å². The van der Waals surface area contributed by atoms with E-state index in [1.54, 1.807) is 18.5 Å².